The Balaban J connectivity index is 5.88. The molecule has 154 valence electrons. The van der Waals surface area contributed by atoms with Crippen molar-refractivity contribution >= 4 is 19.4 Å². The number of carbonyl (C=O) groups excluding carboxylic acids is 2. The van der Waals surface area contributed by atoms with Crippen molar-refractivity contribution in [2.75, 3.05) is 40.9 Å². The molecular formula is C16H32NO8P. The smallest absolute Gasteiger partial charge is 0.269 e. The third-order valence-electron chi connectivity index (χ3n) is 3.46. The highest BCUT2D eigenvalue weighted by molar-refractivity contribution is 7.46. The standard InChI is InChI=1S/C16H32NO8P/c1-6-8-14(20)16(12-17(3,4)5,15(21)9-7-2)25-26(22,23)24-11-13(19)10-18/h13,18-19H,6-12H2,1-5H3/t13-/m1/s1. The van der Waals surface area contributed by atoms with Crippen LogP contribution < -0.4 is 4.89 Å². The average molecular weight is 397 g/mol. The number of carbonyl (C=O) groups is 2. The van der Waals surface area contributed by atoms with E-state index in [2.05, 4.69) is 4.52 Å². The molecule has 0 saturated carbocycles. The molecule has 0 amide bonds. The molecule has 0 rings (SSSR count). The number of aliphatic hydroxyl groups excluding tert-OH is 2. The highest BCUT2D eigenvalue weighted by Gasteiger charge is 2.52. The topological polar surface area (TPSA) is 133 Å². The second-order valence-corrected chi connectivity index (χ2v) is 8.63. The first-order valence-corrected chi connectivity index (χ1v) is 10.1. The molecule has 0 radical (unpaired) electrons. The number of Topliss-reactive ketones (excluding diaryl/α,β-unsaturated/α-hetero) is 2. The lowest BCUT2D eigenvalue weighted by atomic mass is 9.87. The van der Waals surface area contributed by atoms with E-state index in [4.69, 9.17) is 9.63 Å². The van der Waals surface area contributed by atoms with Gasteiger partial charge in [-0.05, 0) is 12.8 Å². The van der Waals surface area contributed by atoms with Crippen LogP contribution in [0.2, 0.25) is 0 Å². The van der Waals surface area contributed by atoms with Gasteiger partial charge in [-0.15, -0.1) is 0 Å². The first kappa shape index (κ1) is 25.3. The van der Waals surface area contributed by atoms with Crippen LogP contribution >= 0.6 is 7.82 Å². The van der Waals surface area contributed by atoms with E-state index >= 15 is 0 Å². The van der Waals surface area contributed by atoms with Crippen molar-refractivity contribution in [2.24, 2.45) is 0 Å². The third-order valence-corrected chi connectivity index (χ3v) is 4.46. The molecule has 10 heteroatoms. The van der Waals surface area contributed by atoms with Crippen LogP contribution in [0.25, 0.3) is 0 Å². The number of likely N-dealkylation sites (N-methyl/N-ethyl adjacent to an activating group) is 1. The normalized spacial score (nSPS) is 16.2. The van der Waals surface area contributed by atoms with Crippen molar-refractivity contribution in [3.63, 3.8) is 0 Å². The number of aliphatic hydroxyl groups is 2. The van der Waals surface area contributed by atoms with Crippen molar-refractivity contribution in [2.45, 2.75) is 51.2 Å². The Hall–Kier alpha value is -0.670. The van der Waals surface area contributed by atoms with Gasteiger partial charge in [0.2, 0.25) is 5.60 Å². The number of hydrogen-bond donors (Lipinski definition) is 2. The van der Waals surface area contributed by atoms with E-state index in [9.17, 15) is 24.2 Å². The van der Waals surface area contributed by atoms with E-state index in [1.807, 2.05) is 0 Å². The van der Waals surface area contributed by atoms with Gasteiger partial charge in [-0.2, -0.15) is 0 Å². The molecular weight excluding hydrogens is 365 g/mol. The fraction of sp³-hybridized carbons (Fsp3) is 0.875. The van der Waals surface area contributed by atoms with Crippen LogP contribution in [0.15, 0.2) is 0 Å². The summed E-state index contributed by atoms with van der Waals surface area (Å²) >= 11 is 0. The first-order chi connectivity index (χ1) is 11.8. The molecule has 2 N–H and O–H groups in total. The number of quaternary nitrogens is 1. The number of ketones is 2. The van der Waals surface area contributed by atoms with Crippen LogP contribution in [0.1, 0.15) is 39.5 Å². The molecule has 26 heavy (non-hydrogen) atoms. The summed E-state index contributed by atoms with van der Waals surface area (Å²) in [4.78, 5) is 37.8. The van der Waals surface area contributed by atoms with Crippen molar-refractivity contribution < 1.29 is 42.8 Å². The van der Waals surface area contributed by atoms with Crippen molar-refractivity contribution in [3.8, 4) is 0 Å². The lowest BCUT2D eigenvalue weighted by Gasteiger charge is -2.40. The molecule has 0 spiro atoms. The SMILES string of the molecule is CCCC(=O)C(C[N+](C)(C)C)(OP(=O)([O-])OC[C@H](O)CO)C(=O)CCC. The van der Waals surface area contributed by atoms with Gasteiger partial charge in [0, 0.05) is 12.8 Å². The quantitative estimate of drug-likeness (QED) is 0.238. The van der Waals surface area contributed by atoms with E-state index in [1.54, 1.807) is 35.0 Å². The minimum atomic E-state index is -5.10. The highest BCUT2D eigenvalue weighted by atomic mass is 31.2. The van der Waals surface area contributed by atoms with Gasteiger partial charge in [-0.25, -0.2) is 0 Å². The second-order valence-electron chi connectivity index (χ2n) is 7.29. The van der Waals surface area contributed by atoms with E-state index < -0.39 is 44.3 Å². The van der Waals surface area contributed by atoms with Gasteiger partial charge in [-0.3, -0.25) is 18.7 Å². The number of phosphoric acid groups is 1. The fourth-order valence-electron chi connectivity index (χ4n) is 2.44. The predicted octanol–water partition coefficient (Wildman–Crippen LogP) is 0.0246. The Morgan fingerprint density at radius 2 is 1.62 bits per heavy atom. The van der Waals surface area contributed by atoms with Gasteiger partial charge in [0.15, 0.2) is 11.6 Å². The summed E-state index contributed by atoms with van der Waals surface area (Å²) in [5, 5.41) is 18.0. The monoisotopic (exact) mass is 397 g/mol. The Kier molecular flexibility index (Phi) is 10.3. The lowest BCUT2D eigenvalue weighted by molar-refractivity contribution is -0.874. The zero-order chi connectivity index (χ0) is 20.6. The van der Waals surface area contributed by atoms with E-state index in [0.717, 1.165) is 0 Å². The maximum absolute atomic E-state index is 12.8. The van der Waals surface area contributed by atoms with Crippen LogP contribution in [-0.2, 0) is 23.2 Å². The largest absolute Gasteiger partial charge is 0.756 e. The van der Waals surface area contributed by atoms with Crippen molar-refractivity contribution in [3.05, 3.63) is 0 Å². The minimum Gasteiger partial charge on any atom is -0.756 e. The Bertz CT molecular complexity index is 499. The molecule has 1 unspecified atom stereocenters. The third kappa shape index (κ3) is 8.35. The van der Waals surface area contributed by atoms with Gasteiger partial charge in [-0.1, -0.05) is 13.8 Å². The molecule has 0 aromatic carbocycles. The molecule has 0 bridgehead atoms. The minimum absolute atomic E-state index is 0.0191. The average Bonchev–Trinajstić information content (AvgIpc) is 2.50. The highest BCUT2D eigenvalue weighted by Crippen LogP contribution is 2.45. The Morgan fingerprint density at radius 1 is 1.15 bits per heavy atom. The molecule has 0 aliphatic carbocycles. The van der Waals surface area contributed by atoms with Crippen LogP contribution in [0, 0.1) is 0 Å². The van der Waals surface area contributed by atoms with E-state index in [1.165, 1.54) is 0 Å². The molecule has 9 nitrogen and oxygen atoms in total. The van der Waals surface area contributed by atoms with Gasteiger partial charge >= 0.3 is 0 Å². The van der Waals surface area contributed by atoms with Crippen LogP contribution in [-0.4, -0.2) is 78.9 Å². The van der Waals surface area contributed by atoms with Crippen LogP contribution in [0.5, 0.6) is 0 Å². The molecule has 0 heterocycles. The number of rotatable bonds is 14. The number of phosphoric ester groups is 1. The maximum atomic E-state index is 12.8. The van der Waals surface area contributed by atoms with E-state index in [-0.39, 0.29) is 23.9 Å². The predicted molar refractivity (Wildman–Crippen MR) is 93.2 cm³/mol. The summed E-state index contributed by atoms with van der Waals surface area (Å²) in [5.41, 5.74) is -2.17. The number of hydrogen-bond acceptors (Lipinski definition) is 8. The fourth-order valence-corrected chi connectivity index (χ4v) is 3.49. The summed E-state index contributed by atoms with van der Waals surface area (Å²) in [6.07, 6.45) is -0.614. The molecule has 0 saturated heterocycles. The van der Waals surface area contributed by atoms with Crippen molar-refractivity contribution in [1.29, 1.82) is 0 Å². The van der Waals surface area contributed by atoms with Gasteiger partial charge in [0.05, 0.1) is 34.4 Å². The summed E-state index contributed by atoms with van der Waals surface area (Å²) in [7, 11) is 0.0379. The van der Waals surface area contributed by atoms with Crippen LogP contribution in [0.3, 0.4) is 0 Å². The van der Waals surface area contributed by atoms with Crippen molar-refractivity contribution in [1.82, 2.24) is 0 Å². The van der Waals surface area contributed by atoms with Gasteiger partial charge < -0.3 is 24.1 Å². The zero-order valence-corrected chi connectivity index (χ0v) is 17.2. The molecule has 0 fully saturated rings. The van der Waals surface area contributed by atoms with Crippen LogP contribution in [0.4, 0.5) is 0 Å². The maximum Gasteiger partial charge on any atom is 0.269 e. The summed E-state index contributed by atoms with van der Waals surface area (Å²) in [5.74, 6) is -1.23. The Morgan fingerprint density at radius 3 is 1.96 bits per heavy atom. The first-order valence-electron chi connectivity index (χ1n) is 8.66. The summed E-state index contributed by atoms with van der Waals surface area (Å²) in [6.45, 7) is 1.87. The summed E-state index contributed by atoms with van der Waals surface area (Å²) in [6, 6.07) is 0. The number of nitrogens with zero attached hydrogens (tertiary/aromatic N) is 1. The molecule has 0 aromatic rings. The molecule has 2 atom stereocenters. The summed E-state index contributed by atoms with van der Waals surface area (Å²) < 4.78 is 22.0. The van der Waals surface area contributed by atoms with E-state index in [0.29, 0.717) is 12.8 Å². The zero-order valence-electron chi connectivity index (χ0n) is 16.3. The van der Waals surface area contributed by atoms with Gasteiger partial charge in [0.25, 0.3) is 7.82 Å². The molecule has 0 aromatic heterocycles. The lowest BCUT2D eigenvalue weighted by Crippen LogP contribution is -2.60. The second kappa shape index (κ2) is 10.6. The van der Waals surface area contributed by atoms with Gasteiger partial charge in [0.1, 0.15) is 12.6 Å². The Labute approximate surface area is 155 Å². The molecule has 0 aliphatic heterocycles. The molecule has 0 aliphatic rings.